The number of rotatable bonds is 6. The molecule has 0 saturated carbocycles. The van der Waals surface area contributed by atoms with Crippen LogP contribution in [0.2, 0.25) is 10.0 Å². The highest BCUT2D eigenvalue weighted by Crippen LogP contribution is 2.36. The Kier molecular flexibility index (Phi) is 7.44. The molecule has 0 aromatic heterocycles. The lowest BCUT2D eigenvalue weighted by molar-refractivity contribution is -0.137. The lowest BCUT2D eigenvalue weighted by Crippen LogP contribution is -2.34. The van der Waals surface area contributed by atoms with E-state index in [1.165, 1.54) is 18.9 Å². The van der Waals surface area contributed by atoms with E-state index in [4.69, 9.17) is 27.9 Å². The quantitative estimate of drug-likeness (QED) is 0.448. The van der Waals surface area contributed by atoms with Crippen molar-refractivity contribution in [2.45, 2.75) is 19.9 Å². The van der Waals surface area contributed by atoms with Gasteiger partial charge < -0.3 is 9.64 Å². The fourth-order valence-electron chi connectivity index (χ4n) is 2.97. The van der Waals surface area contributed by atoms with Crippen molar-refractivity contribution in [3.63, 3.8) is 0 Å². The highest BCUT2D eigenvalue weighted by atomic mass is 35.5. The molecule has 0 heterocycles. The number of allylic oxidation sites excluding steroid dienone is 1. The molecule has 0 saturated heterocycles. The van der Waals surface area contributed by atoms with Crippen LogP contribution < -0.4 is 0 Å². The fourth-order valence-corrected chi connectivity index (χ4v) is 3.27. The number of esters is 1. The Morgan fingerprint density at radius 3 is 2.25 bits per heavy atom. The molecule has 28 heavy (non-hydrogen) atoms. The molecule has 0 aliphatic carbocycles. The predicted molar refractivity (Wildman–Crippen MR) is 113 cm³/mol. The predicted octanol–water partition coefficient (Wildman–Crippen LogP) is 5.67. The van der Waals surface area contributed by atoms with Crippen LogP contribution in [0.5, 0.6) is 0 Å². The van der Waals surface area contributed by atoms with Crippen molar-refractivity contribution in [3.8, 4) is 0 Å². The first kappa shape index (κ1) is 21.7. The maximum absolute atomic E-state index is 12.7. The van der Waals surface area contributed by atoms with Crippen molar-refractivity contribution in [1.29, 1.82) is 0 Å². The summed E-state index contributed by atoms with van der Waals surface area (Å²) in [5, 5.41) is 0.777. The van der Waals surface area contributed by atoms with Crippen LogP contribution in [0, 0.1) is 0 Å². The zero-order chi connectivity index (χ0) is 20.8. The largest absolute Gasteiger partial charge is 0.466 e. The van der Waals surface area contributed by atoms with Gasteiger partial charge in [0.2, 0.25) is 5.91 Å². The molecule has 0 fully saturated rings. The molecule has 0 unspecified atom stereocenters. The van der Waals surface area contributed by atoms with Crippen LogP contribution in [0.25, 0.3) is 5.70 Å². The summed E-state index contributed by atoms with van der Waals surface area (Å²) in [7, 11) is 1.28. The fraction of sp³-hybridized carbons (Fsp3) is 0.182. The first-order valence-electron chi connectivity index (χ1n) is 8.55. The summed E-state index contributed by atoms with van der Waals surface area (Å²) in [4.78, 5) is 26.5. The molecule has 4 nitrogen and oxygen atoms in total. The van der Waals surface area contributed by atoms with Crippen LogP contribution in [-0.4, -0.2) is 23.9 Å². The average molecular weight is 418 g/mol. The second-order valence-corrected chi connectivity index (χ2v) is 6.84. The minimum Gasteiger partial charge on any atom is -0.466 e. The number of hydrogen-bond donors (Lipinski definition) is 0. The lowest BCUT2D eigenvalue weighted by Gasteiger charge is -2.34. The maximum atomic E-state index is 12.7. The van der Waals surface area contributed by atoms with Crippen molar-refractivity contribution in [1.82, 2.24) is 4.90 Å². The Bertz CT molecular complexity index is 923. The standard InChI is InChI=1S/C22H21Cl2NO3/c1-5-20(17-11-12-18(23)19(24)13-17)25(15(3)26)21(14(2)22(27)28-4)16-9-7-6-8-10-16/h5-13,21H,2H2,1,3-4H3/b20-5+/t21-/m0/s1. The minimum absolute atomic E-state index is 0.142. The number of amides is 1. The van der Waals surface area contributed by atoms with Gasteiger partial charge in [-0.2, -0.15) is 0 Å². The van der Waals surface area contributed by atoms with Gasteiger partial charge in [-0.1, -0.05) is 72.3 Å². The van der Waals surface area contributed by atoms with Crippen LogP contribution in [0.1, 0.15) is 31.0 Å². The normalized spacial score (nSPS) is 12.2. The molecule has 1 atom stereocenters. The summed E-state index contributed by atoms with van der Waals surface area (Å²) in [6, 6.07) is 13.5. The lowest BCUT2D eigenvalue weighted by atomic mass is 9.96. The van der Waals surface area contributed by atoms with Gasteiger partial charge in [-0.3, -0.25) is 4.79 Å². The van der Waals surface area contributed by atoms with E-state index >= 15 is 0 Å². The molecule has 146 valence electrons. The Hall–Kier alpha value is -2.56. The Balaban J connectivity index is 2.66. The van der Waals surface area contributed by atoms with Crippen LogP contribution in [0.4, 0.5) is 0 Å². The third kappa shape index (κ3) is 4.64. The molecular formula is C22H21Cl2NO3. The number of nitrogens with zero attached hydrogens (tertiary/aromatic N) is 1. The maximum Gasteiger partial charge on any atom is 0.335 e. The molecule has 0 N–H and O–H groups in total. The van der Waals surface area contributed by atoms with Crippen LogP contribution in [-0.2, 0) is 14.3 Å². The molecule has 2 aromatic rings. The average Bonchev–Trinajstić information content (AvgIpc) is 2.69. The molecule has 2 aromatic carbocycles. The van der Waals surface area contributed by atoms with E-state index < -0.39 is 12.0 Å². The number of carbonyl (C=O) groups is 2. The second kappa shape index (κ2) is 9.58. The highest BCUT2D eigenvalue weighted by Gasteiger charge is 2.32. The van der Waals surface area contributed by atoms with Gasteiger partial charge in [0.25, 0.3) is 0 Å². The van der Waals surface area contributed by atoms with Crippen LogP contribution in [0.3, 0.4) is 0 Å². The number of halogens is 2. The summed E-state index contributed by atoms with van der Waals surface area (Å²) in [6.45, 7) is 7.14. The van der Waals surface area contributed by atoms with E-state index in [1.807, 2.05) is 30.3 Å². The zero-order valence-electron chi connectivity index (χ0n) is 15.9. The number of carbonyl (C=O) groups excluding carboxylic acids is 2. The topological polar surface area (TPSA) is 46.6 Å². The Morgan fingerprint density at radius 1 is 1.11 bits per heavy atom. The first-order valence-corrected chi connectivity index (χ1v) is 9.31. The van der Waals surface area contributed by atoms with Crippen molar-refractivity contribution < 1.29 is 14.3 Å². The van der Waals surface area contributed by atoms with Gasteiger partial charge in [0, 0.05) is 12.6 Å². The Morgan fingerprint density at radius 2 is 1.75 bits per heavy atom. The van der Waals surface area contributed by atoms with Gasteiger partial charge in [0.15, 0.2) is 0 Å². The monoisotopic (exact) mass is 417 g/mol. The van der Waals surface area contributed by atoms with Crippen LogP contribution >= 0.6 is 23.2 Å². The smallest absolute Gasteiger partial charge is 0.335 e. The van der Waals surface area contributed by atoms with E-state index in [0.717, 1.165) is 5.56 Å². The summed E-state index contributed by atoms with van der Waals surface area (Å²) >= 11 is 12.2. The molecule has 2 rings (SSSR count). The number of methoxy groups -OCH3 is 1. The Labute approximate surface area is 175 Å². The van der Waals surface area contributed by atoms with E-state index in [9.17, 15) is 9.59 Å². The van der Waals surface area contributed by atoms with Crippen molar-refractivity contribution in [2.75, 3.05) is 7.11 Å². The van der Waals surface area contributed by atoms with Gasteiger partial charge in [-0.05, 0) is 30.2 Å². The SMILES string of the molecule is C=C(C(=O)OC)[C@@H](c1ccccc1)N(C(C)=O)/C(=C/C)c1ccc(Cl)c(Cl)c1. The highest BCUT2D eigenvalue weighted by molar-refractivity contribution is 6.42. The minimum atomic E-state index is -0.744. The molecule has 6 heteroatoms. The number of ether oxygens (including phenoxy) is 1. The van der Waals surface area contributed by atoms with E-state index in [-0.39, 0.29) is 11.5 Å². The van der Waals surface area contributed by atoms with Crippen molar-refractivity contribution in [2.24, 2.45) is 0 Å². The van der Waals surface area contributed by atoms with Gasteiger partial charge in [0.05, 0.1) is 28.8 Å². The number of benzene rings is 2. The molecule has 0 spiro atoms. The third-order valence-corrected chi connectivity index (χ3v) is 4.98. The summed E-state index contributed by atoms with van der Waals surface area (Å²) in [6.07, 6.45) is 1.78. The zero-order valence-corrected chi connectivity index (χ0v) is 17.4. The molecule has 0 bridgehead atoms. The second-order valence-electron chi connectivity index (χ2n) is 6.02. The summed E-state index contributed by atoms with van der Waals surface area (Å²) < 4.78 is 4.86. The van der Waals surface area contributed by atoms with E-state index in [0.29, 0.717) is 21.3 Å². The molecule has 0 radical (unpaired) electrons. The molecule has 0 aliphatic rings. The molecular weight excluding hydrogens is 397 g/mol. The van der Waals surface area contributed by atoms with Crippen molar-refractivity contribution >= 4 is 40.8 Å². The number of hydrogen-bond acceptors (Lipinski definition) is 3. The summed E-state index contributed by atoms with van der Waals surface area (Å²) in [5.74, 6) is -0.859. The van der Waals surface area contributed by atoms with Gasteiger partial charge >= 0.3 is 5.97 Å². The molecule has 1 amide bonds. The van der Waals surface area contributed by atoms with Gasteiger partial charge in [0.1, 0.15) is 0 Å². The summed E-state index contributed by atoms with van der Waals surface area (Å²) in [5.41, 5.74) is 2.13. The van der Waals surface area contributed by atoms with Gasteiger partial charge in [-0.25, -0.2) is 4.79 Å². The van der Waals surface area contributed by atoms with Gasteiger partial charge in [-0.15, -0.1) is 0 Å². The van der Waals surface area contributed by atoms with E-state index in [1.54, 1.807) is 31.2 Å². The van der Waals surface area contributed by atoms with E-state index in [2.05, 4.69) is 6.58 Å². The van der Waals surface area contributed by atoms with Crippen molar-refractivity contribution in [3.05, 3.63) is 87.9 Å². The first-order chi connectivity index (χ1) is 13.3. The third-order valence-electron chi connectivity index (χ3n) is 4.24. The molecule has 0 aliphatic heterocycles. The van der Waals surface area contributed by atoms with Crippen LogP contribution in [0.15, 0.2) is 66.8 Å².